The summed E-state index contributed by atoms with van der Waals surface area (Å²) in [5.41, 5.74) is 5.14. The minimum atomic E-state index is -3.71. The number of aryl methyl sites for hydroxylation is 3. The molecule has 3 heterocycles. The molecule has 40 heavy (non-hydrogen) atoms. The van der Waals surface area contributed by atoms with Gasteiger partial charge in [0.05, 0.1) is 17.6 Å². The average molecular weight is 563 g/mol. The number of benzene rings is 2. The van der Waals surface area contributed by atoms with Crippen molar-refractivity contribution in [3.63, 3.8) is 0 Å². The molecule has 1 fully saturated rings. The molecule has 10 heteroatoms. The first kappa shape index (κ1) is 27.9. The van der Waals surface area contributed by atoms with Crippen LogP contribution < -0.4 is 10.9 Å². The van der Waals surface area contributed by atoms with Gasteiger partial charge < -0.3 is 0 Å². The molecule has 1 aliphatic rings. The lowest BCUT2D eigenvalue weighted by Gasteiger charge is -2.33. The summed E-state index contributed by atoms with van der Waals surface area (Å²) in [5.74, 6) is 6.26. The molecule has 0 spiro atoms. The van der Waals surface area contributed by atoms with Crippen molar-refractivity contribution in [2.24, 2.45) is 12.9 Å². The summed E-state index contributed by atoms with van der Waals surface area (Å²) in [5, 5.41) is 5.68. The molecule has 0 saturated carbocycles. The van der Waals surface area contributed by atoms with Crippen molar-refractivity contribution in [1.29, 1.82) is 0 Å². The molecule has 4 aromatic rings. The number of hydrogen-bond donors (Lipinski definition) is 1. The predicted octanol–water partition coefficient (Wildman–Crippen LogP) is 4.80. The number of halogens is 1. The van der Waals surface area contributed by atoms with Gasteiger partial charge in [0.15, 0.2) is 0 Å². The van der Waals surface area contributed by atoms with Gasteiger partial charge in [0.1, 0.15) is 10.7 Å². The van der Waals surface area contributed by atoms with Gasteiger partial charge in [0.2, 0.25) is 10.0 Å². The zero-order valence-corrected chi connectivity index (χ0v) is 23.9. The average Bonchev–Trinajstić information content (AvgIpc) is 3.58. The van der Waals surface area contributed by atoms with E-state index in [2.05, 4.69) is 29.1 Å². The Bertz CT molecular complexity index is 1590. The van der Waals surface area contributed by atoms with E-state index >= 15 is 0 Å². The quantitative estimate of drug-likeness (QED) is 0.233. The fraction of sp³-hybridized carbons (Fsp3) is 0.333. The molecule has 210 valence electrons. The topological polar surface area (TPSA) is 97.3 Å². The summed E-state index contributed by atoms with van der Waals surface area (Å²) in [6.45, 7) is 4.89. The molecule has 8 nitrogen and oxygen atoms in total. The van der Waals surface area contributed by atoms with Crippen LogP contribution in [0.15, 0.2) is 78.1 Å². The Balaban J connectivity index is 1.59. The second-order valence-electron chi connectivity index (χ2n) is 10.6. The molecular weight excluding hydrogens is 527 g/mol. The first-order chi connectivity index (χ1) is 19.1. The van der Waals surface area contributed by atoms with E-state index < -0.39 is 15.4 Å². The number of nitrogens with two attached hydrogens (primary N) is 1. The Morgan fingerprint density at radius 1 is 1.15 bits per heavy atom. The number of anilines is 2. The van der Waals surface area contributed by atoms with E-state index in [1.807, 2.05) is 25.1 Å². The molecule has 2 aromatic carbocycles. The Hall–Kier alpha value is -3.60. The summed E-state index contributed by atoms with van der Waals surface area (Å²) < 4.78 is 43.9. The number of hydrazine groups is 1. The molecule has 1 atom stereocenters. The third-order valence-electron chi connectivity index (χ3n) is 7.76. The number of hydrogen-bond acceptors (Lipinski definition) is 6. The number of aromatic nitrogens is 3. The fourth-order valence-electron chi connectivity index (χ4n) is 5.77. The zero-order valence-electron chi connectivity index (χ0n) is 23.1. The molecule has 1 saturated heterocycles. The van der Waals surface area contributed by atoms with Gasteiger partial charge in [-0.3, -0.25) is 14.7 Å². The Kier molecular flexibility index (Phi) is 7.76. The van der Waals surface area contributed by atoms with Gasteiger partial charge in [-0.2, -0.15) is 9.40 Å². The maximum absolute atomic E-state index is 13.6. The van der Waals surface area contributed by atoms with Crippen LogP contribution in [0.5, 0.6) is 0 Å². The molecular formula is C30H35FN6O2S. The summed E-state index contributed by atoms with van der Waals surface area (Å²) >= 11 is 0. The Morgan fingerprint density at radius 3 is 2.58 bits per heavy atom. The van der Waals surface area contributed by atoms with Crippen LogP contribution in [0.3, 0.4) is 0 Å². The van der Waals surface area contributed by atoms with E-state index in [4.69, 9.17) is 5.84 Å². The molecule has 1 unspecified atom stereocenters. The summed E-state index contributed by atoms with van der Waals surface area (Å²) in [4.78, 5) is 4.80. The highest BCUT2D eigenvalue weighted by atomic mass is 32.2. The van der Waals surface area contributed by atoms with Crippen molar-refractivity contribution in [2.75, 3.05) is 18.1 Å². The van der Waals surface area contributed by atoms with Gasteiger partial charge in [-0.25, -0.2) is 18.7 Å². The van der Waals surface area contributed by atoms with Crippen molar-refractivity contribution in [2.45, 2.75) is 49.8 Å². The third-order valence-corrected chi connectivity index (χ3v) is 9.56. The van der Waals surface area contributed by atoms with Crippen LogP contribution in [0.1, 0.15) is 42.1 Å². The Morgan fingerprint density at radius 2 is 1.93 bits per heavy atom. The maximum Gasteiger partial charge on any atom is 0.246 e. The minimum absolute atomic E-state index is 0.195. The predicted molar refractivity (Wildman–Crippen MR) is 154 cm³/mol. The molecule has 0 radical (unpaired) electrons. The van der Waals surface area contributed by atoms with Crippen LogP contribution in [-0.4, -0.2) is 40.6 Å². The van der Waals surface area contributed by atoms with Gasteiger partial charge in [-0.15, -0.1) is 0 Å². The largest absolute Gasteiger partial charge is 0.279 e. The standard InChI is InChI=1S/C30H35FN6O2S/c1-4-7-23-17-28(22(2)16-29(23)37(32)26-11-9-24(31)10-12-26)30(18-25-8-5-6-14-33-25)13-15-36(21-30)40(38,39)27-19-34-35(3)20-27/h5-6,8-12,14,16-17,19-20H,4,7,13,15,18,21,32H2,1-3H3. The minimum Gasteiger partial charge on any atom is -0.279 e. The van der Waals surface area contributed by atoms with E-state index in [1.165, 1.54) is 23.0 Å². The maximum atomic E-state index is 13.6. The smallest absolute Gasteiger partial charge is 0.246 e. The highest BCUT2D eigenvalue weighted by Gasteiger charge is 2.45. The van der Waals surface area contributed by atoms with E-state index in [0.29, 0.717) is 31.6 Å². The van der Waals surface area contributed by atoms with Gasteiger partial charge in [0, 0.05) is 50.1 Å². The van der Waals surface area contributed by atoms with Crippen molar-refractivity contribution in [3.05, 3.63) is 101 Å². The normalized spacial score (nSPS) is 17.8. The summed E-state index contributed by atoms with van der Waals surface area (Å²) in [6, 6.07) is 16.2. The van der Waals surface area contributed by atoms with Gasteiger partial charge in [0.25, 0.3) is 0 Å². The van der Waals surface area contributed by atoms with Crippen LogP contribution in [0.4, 0.5) is 15.8 Å². The van der Waals surface area contributed by atoms with Crippen LogP contribution in [0, 0.1) is 12.7 Å². The molecule has 5 rings (SSSR count). The SMILES string of the molecule is CCCc1cc(C2(Cc3ccccn3)CCN(S(=O)(=O)c3cnn(C)c3)C2)c(C)cc1N(N)c1ccc(F)cc1. The lowest BCUT2D eigenvalue weighted by Crippen LogP contribution is -2.37. The first-order valence-electron chi connectivity index (χ1n) is 13.5. The Labute approximate surface area is 235 Å². The van der Waals surface area contributed by atoms with Crippen LogP contribution in [-0.2, 0) is 35.3 Å². The first-order valence-corrected chi connectivity index (χ1v) is 14.9. The highest BCUT2D eigenvalue weighted by molar-refractivity contribution is 7.89. The number of nitrogens with zero attached hydrogens (tertiary/aromatic N) is 5. The lowest BCUT2D eigenvalue weighted by atomic mass is 9.73. The lowest BCUT2D eigenvalue weighted by molar-refractivity contribution is 0.410. The molecule has 0 aliphatic carbocycles. The zero-order chi connectivity index (χ0) is 28.5. The fourth-order valence-corrected chi connectivity index (χ4v) is 7.29. The summed E-state index contributed by atoms with van der Waals surface area (Å²) in [6.07, 6.45) is 7.66. The second-order valence-corrected chi connectivity index (χ2v) is 12.5. The molecule has 0 amide bonds. The molecule has 2 aromatic heterocycles. The van der Waals surface area contributed by atoms with Crippen molar-refractivity contribution < 1.29 is 12.8 Å². The van der Waals surface area contributed by atoms with E-state index in [9.17, 15) is 12.8 Å². The van der Waals surface area contributed by atoms with Gasteiger partial charge in [-0.05, 0) is 78.9 Å². The van der Waals surface area contributed by atoms with E-state index in [0.717, 1.165) is 40.9 Å². The van der Waals surface area contributed by atoms with Gasteiger partial charge in [-0.1, -0.05) is 25.5 Å². The monoisotopic (exact) mass is 562 g/mol. The number of sulfonamides is 1. The number of pyridine rings is 1. The third kappa shape index (κ3) is 5.39. The molecule has 1 aliphatic heterocycles. The molecule has 2 N–H and O–H groups in total. The van der Waals surface area contributed by atoms with Crippen LogP contribution in [0.25, 0.3) is 0 Å². The second kappa shape index (κ2) is 11.1. The van der Waals surface area contributed by atoms with Crippen LogP contribution in [0.2, 0.25) is 0 Å². The van der Waals surface area contributed by atoms with Crippen molar-refractivity contribution in [1.82, 2.24) is 19.1 Å². The van der Waals surface area contributed by atoms with Crippen LogP contribution >= 0.6 is 0 Å². The molecule has 0 bridgehead atoms. The van der Waals surface area contributed by atoms with Crippen molar-refractivity contribution in [3.8, 4) is 0 Å². The van der Waals surface area contributed by atoms with Gasteiger partial charge >= 0.3 is 0 Å². The highest BCUT2D eigenvalue weighted by Crippen LogP contribution is 2.43. The number of rotatable bonds is 9. The van der Waals surface area contributed by atoms with Crippen molar-refractivity contribution >= 4 is 21.4 Å². The van der Waals surface area contributed by atoms with E-state index in [-0.39, 0.29) is 10.7 Å². The van der Waals surface area contributed by atoms with E-state index in [1.54, 1.807) is 40.9 Å². The summed E-state index contributed by atoms with van der Waals surface area (Å²) in [7, 11) is -2.00.